The minimum atomic E-state index is 0.487. The summed E-state index contributed by atoms with van der Waals surface area (Å²) < 4.78 is 5.87. The molecule has 0 N–H and O–H groups in total. The van der Waals surface area contributed by atoms with Crippen LogP contribution in [0, 0.1) is 0 Å². The van der Waals surface area contributed by atoms with E-state index in [1.54, 1.807) is 6.20 Å². The molecule has 1 aliphatic rings. The van der Waals surface area contributed by atoms with Crippen molar-refractivity contribution in [1.82, 2.24) is 10.3 Å². The number of aromatic nitrogens is 1. The highest BCUT2D eigenvalue weighted by Gasteiger charge is 2.22. The van der Waals surface area contributed by atoms with Gasteiger partial charge in [0.05, 0.1) is 5.69 Å². The Morgan fingerprint density at radius 3 is 2.60 bits per heavy atom. The van der Waals surface area contributed by atoms with Crippen molar-refractivity contribution in [3.8, 4) is 5.75 Å². The van der Waals surface area contributed by atoms with E-state index < -0.39 is 0 Å². The monoisotopic (exact) mass is 285 g/mol. The molecule has 20 heavy (non-hydrogen) atoms. The predicted molar refractivity (Wildman–Crippen MR) is 80.1 cm³/mol. The highest BCUT2D eigenvalue weighted by Crippen LogP contribution is 2.39. The van der Waals surface area contributed by atoms with Gasteiger partial charge in [-0.3, -0.25) is 4.98 Å². The standard InChI is InChI=1S/C16H14ClN2O/c1-10-11(2)19-16-14(7-8-18-15(10)16)20-9-12-3-5-13(17)6-4-12/h3-8H,9H2,1-2H3. The van der Waals surface area contributed by atoms with Gasteiger partial charge in [0, 0.05) is 23.0 Å². The number of halogens is 1. The molecular weight excluding hydrogens is 272 g/mol. The Bertz CT molecular complexity index is 677. The minimum absolute atomic E-state index is 0.487. The Morgan fingerprint density at radius 1 is 1.10 bits per heavy atom. The Labute approximate surface area is 123 Å². The van der Waals surface area contributed by atoms with Crippen LogP contribution in [-0.2, 0) is 6.61 Å². The van der Waals surface area contributed by atoms with Gasteiger partial charge in [0.15, 0.2) is 0 Å². The van der Waals surface area contributed by atoms with Gasteiger partial charge in [-0.25, -0.2) is 5.32 Å². The van der Waals surface area contributed by atoms with Crippen molar-refractivity contribution >= 4 is 22.9 Å². The van der Waals surface area contributed by atoms with Crippen molar-refractivity contribution in [2.24, 2.45) is 0 Å². The SMILES string of the molecule is CC1=C(C)c2nccc(OCc3ccc(Cl)cc3)c2[N]1. The molecule has 0 atom stereocenters. The third-order valence-electron chi connectivity index (χ3n) is 3.37. The molecule has 0 saturated heterocycles. The maximum atomic E-state index is 5.87. The fraction of sp³-hybridized carbons (Fsp3) is 0.188. The Balaban J connectivity index is 1.79. The van der Waals surface area contributed by atoms with Gasteiger partial charge in [-0.15, -0.1) is 0 Å². The molecular formula is C16H14ClN2O. The highest BCUT2D eigenvalue weighted by atomic mass is 35.5. The number of rotatable bonds is 3. The van der Waals surface area contributed by atoms with E-state index in [1.807, 2.05) is 44.2 Å². The van der Waals surface area contributed by atoms with Crippen molar-refractivity contribution in [2.75, 3.05) is 0 Å². The highest BCUT2D eigenvalue weighted by molar-refractivity contribution is 6.30. The van der Waals surface area contributed by atoms with Crippen LogP contribution in [0.4, 0.5) is 5.69 Å². The van der Waals surface area contributed by atoms with Gasteiger partial charge in [-0.05, 0) is 37.1 Å². The minimum Gasteiger partial charge on any atom is -0.486 e. The van der Waals surface area contributed by atoms with Crippen molar-refractivity contribution in [2.45, 2.75) is 20.5 Å². The second kappa shape index (κ2) is 5.17. The zero-order valence-corrected chi connectivity index (χ0v) is 12.1. The van der Waals surface area contributed by atoms with Crippen LogP contribution >= 0.6 is 11.6 Å². The maximum absolute atomic E-state index is 5.87. The normalized spacial score (nSPS) is 13.2. The molecule has 1 aromatic carbocycles. The molecule has 2 heterocycles. The number of ether oxygens (including phenoxy) is 1. The van der Waals surface area contributed by atoms with E-state index in [4.69, 9.17) is 16.3 Å². The molecule has 3 nitrogen and oxygen atoms in total. The van der Waals surface area contributed by atoms with Crippen molar-refractivity contribution < 1.29 is 4.74 Å². The van der Waals surface area contributed by atoms with Crippen molar-refractivity contribution in [3.05, 3.63) is 58.5 Å². The number of nitrogens with zero attached hydrogens (tertiary/aromatic N) is 2. The van der Waals surface area contributed by atoms with Gasteiger partial charge >= 0.3 is 0 Å². The van der Waals surface area contributed by atoms with E-state index in [-0.39, 0.29) is 0 Å². The molecule has 0 fully saturated rings. The van der Waals surface area contributed by atoms with Gasteiger partial charge in [-0.1, -0.05) is 23.7 Å². The fourth-order valence-corrected chi connectivity index (χ4v) is 2.23. The molecule has 0 saturated carbocycles. The van der Waals surface area contributed by atoms with Crippen LogP contribution in [-0.4, -0.2) is 4.98 Å². The molecule has 1 radical (unpaired) electrons. The number of allylic oxidation sites excluding steroid dienone is 2. The Morgan fingerprint density at radius 2 is 1.85 bits per heavy atom. The van der Waals surface area contributed by atoms with Gasteiger partial charge in [-0.2, -0.15) is 0 Å². The first-order valence-corrected chi connectivity index (χ1v) is 6.79. The van der Waals surface area contributed by atoms with Crippen LogP contribution in [0.1, 0.15) is 25.1 Å². The van der Waals surface area contributed by atoms with Crippen LogP contribution < -0.4 is 10.1 Å². The Kier molecular flexibility index (Phi) is 3.36. The second-order valence-corrected chi connectivity index (χ2v) is 5.18. The summed E-state index contributed by atoms with van der Waals surface area (Å²) in [5.41, 5.74) is 4.92. The summed E-state index contributed by atoms with van der Waals surface area (Å²) in [6, 6.07) is 9.48. The van der Waals surface area contributed by atoms with Crippen LogP contribution in [0.15, 0.2) is 42.2 Å². The van der Waals surface area contributed by atoms with Gasteiger partial charge in [0.25, 0.3) is 0 Å². The predicted octanol–water partition coefficient (Wildman–Crippen LogP) is 4.31. The average Bonchev–Trinajstić information content (AvgIpc) is 2.75. The van der Waals surface area contributed by atoms with Crippen LogP contribution in [0.2, 0.25) is 5.02 Å². The third-order valence-corrected chi connectivity index (χ3v) is 3.62. The molecule has 4 heteroatoms. The molecule has 3 rings (SSSR count). The zero-order valence-electron chi connectivity index (χ0n) is 11.4. The second-order valence-electron chi connectivity index (χ2n) is 4.74. The van der Waals surface area contributed by atoms with E-state index in [9.17, 15) is 0 Å². The Hall–Kier alpha value is -2.00. The molecule has 2 aromatic rings. The van der Waals surface area contributed by atoms with E-state index in [1.165, 1.54) is 0 Å². The summed E-state index contributed by atoms with van der Waals surface area (Å²) in [6.07, 6.45) is 1.76. The average molecular weight is 286 g/mol. The number of hydrogen-bond acceptors (Lipinski definition) is 2. The quantitative estimate of drug-likeness (QED) is 0.842. The van der Waals surface area contributed by atoms with E-state index in [0.717, 1.165) is 39.0 Å². The van der Waals surface area contributed by atoms with E-state index in [2.05, 4.69) is 10.3 Å². The summed E-state index contributed by atoms with van der Waals surface area (Å²) >= 11 is 5.87. The van der Waals surface area contributed by atoms with Crippen LogP contribution in [0.25, 0.3) is 5.57 Å². The lowest BCUT2D eigenvalue weighted by atomic mass is 10.2. The molecule has 0 aliphatic carbocycles. The lowest BCUT2D eigenvalue weighted by molar-refractivity contribution is 0.306. The van der Waals surface area contributed by atoms with Crippen molar-refractivity contribution in [3.63, 3.8) is 0 Å². The largest absolute Gasteiger partial charge is 0.486 e. The summed E-state index contributed by atoms with van der Waals surface area (Å²) in [7, 11) is 0. The topological polar surface area (TPSA) is 36.2 Å². The third kappa shape index (κ3) is 2.37. The van der Waals surface area contributed by atoms with Gasteiger partial charge in [0.2, 0.25) is 0 Å². The maximum Gasteiger partial charge on any atom is 0.149 e. The molecule has 0 bridgehead atoms. The van der Waals surface area contributed by atoms with E-state index >= 15 is 0 Å². The van der Waals surface area contributed by atoms with E-state index in [0.29, 0.717) is 6.61 Å². The number of fused-ring (bicyclic) bond motifs is 1. The summed E-state index contributed by atoms with van der Waals surface area (Å²) in [5.74, 6) is 0.765. The van der Waals surface area contributed by atoms with Crippen LogP contribution in [0.5, 0.6) is 5.75 Å². The molecule has 0 amide bonds. The first-order valence-electron chi connectivity index (χ1n) is 6.41. The number of benzene rings is 1. The first kappa shape index (κ1) is 13.0. The molecule has 0 spiro atoms. The van der Waals surface area contributed by atoms with Gasteiger partial charge in [0.1, 0.15) is 18.0 Å². The lowest BCUT2D eigenvalue weighted by Crippen LogP contribution is -1.99. The summed E-state index contributed by atoms with van der Waals surface area (Å²) in [4.78, 5) is 4.37. The molecule has 101 valence electrons. The lowest BCUT2D eigenvalue weighted by Gasteiger charge is -2.10. The molecule has 0 unspecified atom stereocenters. The number of pyridine rings is 1. The van der Waals surface area contributed by atoms with Crippen LogP contribution in [0.3, 0.4) is 0 Å². The summed E-state index contributed by atoms with van der Waals surface area (Å²) in [5, 5.41) is 5.26. The zero-order chi connectivity index (χ0) is 14.1. The van der Waals surface area contributed by atoms with Crippen molar-refractivity contribution in [1.29, 1.82) is 0 Å². The summed E-state index contributed by atoms with van der Waals surface area (Å²) in [6.45, 7) is 4.50. The molecule has 1 aliphatic heterocycles. The molecule has 1 aromatic heterocycles. The number of hydrogen-bond donors (Lipinski definition) is 0. The fourth-order valence-electron chi connectivity index (χ4n) is 2.10. The first-order chi connectivity index (χ1) is 9.65. The van der Waals surface area contributed by atoms with Gasteiger partial charge < -0.3 is 4.74 Å². The smallest absolute Gasteiger partial charge is 0.149 e.